The Morgan fingerprint density at radius 1 is 1.42 bits per heavy atom. The monoisotopic (exact) mass is 293 g/mol. The van der Waals surface area contributed by atoms with Crippen LogP contribution < -0.4 is 5.32 Å². The first-order valence-electron chi connectivity index (χ1n) is 6.60. The molecule has 0 aromatic carbocycles. The molecule has 1 saturated carbocycles. The van der Waals surface area contributed by atoms with E-state index in [1.54, 1.807) is 22.7 Å². The lowest BCUT2D eigenvalue weighted by molar-refractivity contribution is -0.0729. The van der Waals surface area contributed by atoms with E-state index >= 15 is 0 Å². The van der Waals surface area contributed by atoms with Crippen molar-refractivity contribution >= 4 is 22.7 Å². The van der Waals surface area contributed by atoms with Crippen molar-refractivity contribution < 1.29 is 5.11 Å². The second kappa shape index (κ2) is 5.02. The third-order valence-electron chi connectivity index (χ3n) is 4.20. The first-order valence-corrected chi connectivity index (χ1v) is 8.36. The Bertz CT molecular complexity index is 544. The highest BCUT2D eigenvalue weighted by Crippen LogP contribution is 2.40. The molecule has 2 aromatic heterocycles. The summed E-state index contributed by atoms with van der Waals surface area (Å²) in [5, 5.41) is 17.6. The van der Waals surface area contributed by atoms with Crippen LogP contribution in [0.1, 0.15) is 25.1 Å². The lowest BCUT2D eigenvalue weighted by Crippen LogP contribution is -2.59. The molecule has 102 valence electrons. The van der Waals surface area contributed by atoms with Gasteiger partial charge in [-0.3, -0.25) is 0 Å². The zero-order chi connectivity index (χ0) is 13.5. The molecule has 2 N–H and O–H groups in total. The van der Waals surface area contributed by atoms with Crippen molar-refractivity contribution in [3.8, 4) is 10.4 Å². The summed E-state index contributed by atoms with van der Waals surface area (Å²) in [6, 6.07) is 6.95. The Balaban J connectivity index is 1.60. The minimum Gasteiger partial charge on any atom is -0.392 e. The molecule has 3 rings (SSSR count). The SMILES string of the molecule is CC1(C)C(O)CC1NCc1cc(-c2cccs2)cs1. The number of hydrogen-bond acceptors (Lipinski definition) is 4. The summed E-state index contributed by atoms with van der Waals surface area (Å²) in [5.41, 5.74) is 1.33. The molecule has 1 aliphatic carbocycles. The molecule has 19 heavy (non-hydrogen) atoms. The zero-order valence-electron chi connectivity index (χ0n) is 11.2. The molecule has 2 heterocycles. The average Bonchev–Trinajstić information content (AvgIpc) is 3.04. The lowest BCUT2D eigenvalue weighted by Gasteiger charge is -2.49. The van der Waals surface area contributed by atoms with Crippen molar-refractivity contribution in [3.63, 3.8) is 0 Å². The highest BCUT2D eigenvalue weighted by molar-refractivity contribution is 7.14. The van der Waals surface area contributed by atoms with Gasteiger partial charge >= 0.3 is 0 Å². The van der Waals surface area contributed by atoms with E-state index in [0.29, 0.717) is 6.04 Å². The molecule has 0 radical (unpaired) electrons. The van der Waals surface area contributed by atoms with Crippen LogP contribution in [0, 0.1) is 5.41 Å². The number of aliphatic hydroxyl groups is 1. The van der Waals surface area contributed by atoms with Gasteiger partial charge in [-0.1, -0.05) is 19.9 Å². The Morgan fingerprint density at radius 3 is 2.89 bits per heavy atom. The minimum atomic E-state index is -0.157. The van der Waals surface area contributed by atoms with Crippen LogP contribution in [0.3, 0.4) is 0 Å². The van der Waals surface area contributed by atoms with Gasteiger partial charge in [-0.05, 0) is 29.3 Å². The molecule has 2 unspecified atom stereocenters. The average molecular weight is 293 g/mol. The Hall–Kier alpha value is -0.680. The molecule has 0 saturated heterocycles. The predicted octanol–water partition coefficient (Wildman–Crippen LogP) is 3.73. The zero-order valence-corrected chi connectivity index (χ0v) is 12.9. The van der Waals surface area contributed by atoms with Gasteiger partial charge in [-0.2, -0.15) is 0 Å². The molecule has 0 aliphatic heterocycles. The Labute approximate surface area is 122 Å². The van der Waals surface area contributed by atoms with Crippen LogP contribution in [-0.4, -0.2) is 17.3 Å². The standard InChI is InChI=1S/C15H19NOS2/c1-15(2)13(7-14(15)17)16-8-11-6-10(9-19-11)12-4-3-5-18-12/h3-6,9,13-14,16-17H,7-8H2,1-2H3. The van der Waals surface area contributed by atoms with Gasteiger partial charge in [-0.15, -0.1) is 22.7 Å². The molecule has 2 nitrogen and oxygen atoms in total. The third kappa shape index (κ3) is 2.50. The van der Waals surface area contributed by atoms with Gasteiger partial charge in [0.2, 0.25) is 0 Å². The van der Waals surface area contributed by atoms with Crippen LogP contribution in [0.5, 0.6) is 0 Å². The molecule has 4 heteroatoms. The van der Waals surface area contributed by atoms with E-state index in [0.717, 1.165) is 13.0 Å². The van der Waals surface area contributed by atoms with Gasteiger partial charge in [0.15, 0.2) is 0 Å². The normalized spacial score (nSPS) is 25.2. The first kappa shape index (κ1) is 13.3. The van der Waals surface area contributed by atoms with Crippen molar-refractivity contribution in [2.45, 2.75) is 39.0 Å². The first-order chi connectivity index (χ1) is 9.07. The highest BCUT2D eigenvalue weighted by atomic mass is 32.1. The number of aliphatic hydroxyl groups excluding tert-OH is 1. The summed E-state index contributed by atoms with van der Waals surface area (Å²) in [6.07, 6.45) is 0.714. The minimum absolute atomic E-state index is 0.00778. The molecule has 1 aliphatic rings. The number of thiophene rings is 2. The van der Waals surface area contributed by atoms with Crippen molar-refractivity contribution in [1.29, 1.82) is 0 Å². The van der Waals surface area contributed by atoms with Crippen LogP contribution in [0.4, 0.5) is 0 Å². The highest BCUT2D eigenvalue weighted by Gasteiger charge is 2.46. The summed E-state index contributed by atoms with van der Waals surface area (Å²) in [4.78, 5) is 2.70. The molecule has 2 aromatic rings. The summed E-state index contributed by atoms with van der Waals surface area (Å²) >= 11 is 3.59. The van der Waals surface area contributed by atoms with Gasteiger partial charge in [0, 0.05) is 33.3 Å². The van der Waals surface area contributed by atoms with Crippen LogP contribution in [0.2, 0.25) is 0 Å². The van der Waals surface area contributed by atoms with Crippen LogP contribution in [-0.2, 0) is 6.54 Å². The second-order valence-electron chi connectivity index (χ2n) is 5.79. The van der Waals surface area contributed by atoms with Crippen molar-refractivity contribution in [3.05, 3.63) is 33.8 Å². The smallest absolute Gasteiger partial charge is 0.0621 e. The summed E-state index contributed by atoms with van der Waals surface area (Å²) in [5.74, 6) is 0. The van der Waals surface area contributed by atoms with Crippen molar-refractivity contribution in [2.75, 3.05) is 0 Å². The molecule has 0 amide bonds. The van der Waals surface area contributed by atoms with Crippen LogP contribution in [0.15, 0.2) is 29.0 Å². The maximum absolute atomic E-state index is 9.74. The summed E-state index contributed by atoms with van der Waals surface area (Å²) < 4.78 is 0. The third-order valence-corrected chi connectivity index (χ3v) is 6.05. The fraction of sp³-hybridized carbons (Fsp3) is 0.467. The topological polar surface area (TPSA) is 32.3 Å². The van der Waals surface area contributed by atoms with Crippen LogP contribution in [0.25, 0.3) is 10.4 Å². The van der Waals surface area contributed by atoms with Crippen LogP contribution >= 0.6 is 22.7 Å². The fourth-order valence-corrected chi connectivity index (χ4v) is 4.14. The van der Waals surface area contributed by atoms with Gasteiger partial charge in [-0.25, -0.2) is 0 Å². The van der Waals surface area contributed by atoms with E-state index in [1.165, 1.54) is 15.3 Å². The van der Waals surface area contributed by atoms with E-state index < -0.39 is 0 Å². The molecular formula is C15H19NOS2. The Morgan fingerprint density at radius 2 is 2.26 bits per heavy atom. The van der Waals surface area contributed by atoms with E-state index in [4.69, 9.17) is 0 Å². The van der Waals surface area contributed by atoms with Gasteiger partial charge in [0.25, 0.3) is 0 Å². The van der Waals surface area contributed by atoms with Gasteiger partial charge < -0.3 is 10.4 Å². The quantitative estimate of drug-likeness (QED) is 0.900. The van der Waals surface area contributed by atoms with E-state index in [9.17, 15) is 5.11 Å². The largest absolute Gasteiger partial charge is 0.392 e. The molecular weight excluding hydrogens is 274 g/mol. The number of hydrogen-bond donors (Lipinski definition) is 2. The fourth-order valence-electron chi connectivity index (χ4n) is 2.52. The van der Waals surface area contributed by atoms with Gasteiger partial charge in [0.1, 0.15) is 0 Å². The number of rotatable bonds is 4. The van der Waals surface area contributed by atoms with E-state index in [2.05, 4.69) is 48.1 Å². The predicted molar refractivity (Wildman–Crippen MR) is 82.7 cm³/mol. The molecule has 0 spiro atoms. The van der Waals surface area contributed by atoms with Crippen molar-refractivity contribution in [2.24, 2.45) is 5.41 Å². The molecule has 0 bridgehead atoms. The Kier molecular flexibility index (Phi) is 3.52. The molecule has 2 atom stereocenters. The summed E-state index contributed by atoms with van der Waals surface area (Å²) in [6.45, 7) is 5.16. The maximum atomic E-state index is 9.74. The lowest BCUT2D eigenvalue weighted by atomic mass is 9.64. The molecule has 1 fully saturated rings. The number of nitrogens with one attached hydrogen (secondary N) is 1. The summed E-state index contributed by atoms with van der Waals surface area (Å²) in [7, 11) is 0. The second-order valence-corrected chi connectivity index (χ2v) is 7.73. The van der Waals surface area contributed by atoms with Gasteiger partial charge in [0.05, 0.1) is 6.10 Å². The van der Waals surface area contributed by atoms with E-state index in [1.807, 2.05) is 0 Å². The maximum Gasteiger partial charge on any atom is 0.0621 e. The van der Waals surface area contributed by atoms with Crippen molar-refractivity contribution in [1.82, 2.24) is 5.32 Å². The van der Waals surface area contributed by atoms with E-state index in [-0.39, 0.29) is 11.5 Å².